The fraction of sp³-hybridized carbons (Fsp3) is 0.154. The number of nitrogens with one attached hydrogen (secondary N) is 1. The fourth-order valence-corrected chi connectivity index (χ4v) is 2.08. The molecule has 1 heterocycles. The second kappa shape index (κ2) is 6.67. The number of esters is 1. The Morgan fingerprint density at radius 1 is 1.35 bits per heavy atom. The number of nitrogens with zero attached hydrogens (tertiary/aromatic N) is 2. The zero-order chi connectivity index (χ0) is 14.5. The fourth-order valence-electron chi connectivity index (χ4n) is 1.51. The molecule has 0 atom stereocenters. The predicted octanol–water partition coefficient (Wildman–Crippen LogP) is 3.81. The van der Waals surface area contributed by atoms with Crippen LogP contribution in [0.5, 0.6) is 0 Å². The smallest absolute Gasteiger partial charge is 0.344 e. The summed E-state index contributed by atoms with van der Waals surface area (Å²) in [4.78, 5) is 20.0. The normalized spacial score (nSPS) is 10.2. The molecule has 0 bridgehead atoms. The summed E-state index contributed by atoms with van der Waals surface area (Å²) in [7, 11) is 0. The van der Waals surface area contributed by atoms with Crippen molar-refractivity contribution in [1.29, 1.82) is 0 Å². The minimum atomic E-state index is -0.489. The molecule has 104 valence electrons. The van der Waals surface area contributed by atoms with Crippen LogP contribution in [0.1, 0.15) is 17.3 Å². The number of carbonyl (C=O) groups excluding carboxylic acids is 1. The second-order valence-corrected chi connectivity index (χ2v) is 4.93. The third-order valence-corrected chi connectivity index (χ3v) is 3.24. The van der Waals surface area contributed by atoms with E-state index < -0.39 is 5.97 Å². The highest BCUT2D eigenvalue weighted by atomic mass is 79.9. The van der Waals surface area contributed by atoms with E-state index in [9.17, 15) is 4.79 Å². The topological polar surface area (TPSA) is 64.1 Å². The SMILES string of the molecule is CCOC(=O)c1c(Br)ncnc1Nc1ccc(Cl)cc1. The van der Waals surface area contributed by atoms with E-state index in [-0.39, 0.29) is 12.2 Å². The third kappa shape index (κ3) is 3.46. The van der Waals surface area contributed by atoms with Crippen LogP contribution in [0, 0.1) is 0 Å². The van der Waals surface area contributed by atoms with Crippen molar-refractivity contribution in [1.82, 2.24) is 9.97 Å². The van der Waals surface area contributed by atoms with E-state index in [0.717, 1.165) is 5.69 Å². The average molecular weight is 357 g/mol. The average Bonchev–Trinajstić information content (AvgIpc) is 2.42. The number of rotatable bonds is 4. The molecular weight excluding hydrogens is 346 g/mol. The summed E-state index contributed by atoms with van der Waals surface area (Å²) in [5.41, 5.74) is 1.01. The van der Waals surface area contributed by atoms with E-state index in [2.05, 4.69) is 31.2 Å². The lowest BCUT2D eigenvalue weighted by Crippen LogP contribution is -2.11. The molecule has 5 nitrogen and oxygen atoms in total. The van der Waals surface area contributed by atoms with Gasteiger partial charge in [-0.15, -0.1) is 0 Å². The molecule has 2 aromatic rings. The van der Waals surface area contributed by atoms with Gasteiger partial charge >= 0.3 is 5.97 Å². The molecule has 1 aromatic carbocycles. The van der Waals surface area contributed by atoms with E-state index in [4.69, 9.17) is 16.3 Å². The number of aromatic nitrogens is 2. The van der Waals surface area contributed by atoms with Crippen molar-refractivity contribution in [3.05, 3.63) is 45.8 Å². The van der Waals surface area contributed by atoms with E-state index in [1.54, 1.807) is 31.2 Å². The Balaban J connectivity index is 2.34. The van der Waals surface area contributed by atoms with Crippen LogP contribution in [0.15, 0.2) is 35.2 Å². The highest BCUT2D eigenvalue weighted by molar-refractivity contribution is 9.10. The van der Waals surface area contributed by atoms with E-state index >= 15 is 0 Å². The van der Waals surface area contributed by atoms with Gasteiger partial charge in [0.1, 0.15) is 22.3 Å². The first kappa shape index (κ1) is 14.7. The summed E-state index contributed by atoms with van der Waals surface area (Å²) in [5, 5.41) is 3.67. The van der Waals surface area contributed by atoms with Crippen LogP contribution in [-0.4, -0.2) is 22.5 Å². The van der Waals surface area contributed by atoms with Crippen molar-refractivity contribution in [2.75, 3.05) is 11.9 Å². The van der Waals surface area contributed by atoms with Gasteiger partial charge in [0.15, 0.2) is 0 Å². The van der Waals surface area contributed by atoms with Gasteiger partial charge < -0.3 is 10.1 Å². The van der Waals surface area contributed by atoms with E-state index in [1.807, 2.05) is 0 Å². The highest BCUT2D eigenvalue weighted by Crippen LogP contribution is 2.25. The van der Waals surface area contributed by atoms with Crippen molar-refractivity contribution in [3.63, 3.8) is 0 Å². The molecule has 0 saturated carbocycles. The summed E-state index contributed by atoms with van der Waals surface area (Å²) in [6.07, 6.45) is 1.35. The molecule has 0 amide bonds. The molecular formula is C13H11BrClN3O2. The molecule has 1 aromatic heterocycles. The van der Waals surface area contributed by atoms with Crippen molar-refractivity contribution in [2.45, 2.75) is 6.92 Å². The maximum Gasteiger partial charge on any atom is 0.344 e. The zero-order valence-corrected chi connectivity index (χ0v) is 12.9. The first-order chi connectivity index (χ1) is 9.61. The van der Waals surface area contributed by atoms with Crippen molar-refractivity contribution in [2.24, 2.45) is 0 Å². The van der Waals surface area contributed by atoms with Gasteiger partial charge in [-0.1, -0.05) is 11.6 Å². The van der Waals surface area contributed by atoms with Crippen LogP contribution < -0.4 is 5.32 Å². The lowest BCUT2D eigenvalue weighted by Gasteiger charge is -2.11. The lowest BCUT2D eigenvalue weighted by molar-refractivity contribution is 0.0525. The molecule has 0 fully saturated rings. The first-order valence-corrected chi connectivity index (χ1v) is 6.99. The minimum absolute atomic E-state index is 0.254. The van der Waals surface area contributed by atoms with Crippen LogP contribution in [0.25, 0.3) is 0 Å². The number of anilines is 2. The standard InChI is InChI=1S/C13H11BrClN3O2/c1-2-20-13(19)10-11(14)16-7-17-12(10)18-9-5-3-8(15)4-6-9/h3-7H,2H2,1H3,(H,16,17,18). The maximum absolute atomic E-state index is 11.9. The van der Waals surface area contributed by atoms with Crippen molar-refractivity contribution in [3.8, 4) is 0 Å². The molecule has 0 aliphatic heterocycles. The lowest BCUT2D eigenvalue weighted by atomic mass is 10.2. The van der Waals surface area contributed by atoms with Gasteiger partial charge in [0, 0.05) is 10.7 Å². The molecule has 2 rings (SSSR count). The van der Waals surface area contributed by atoms with Crippen LogP contribution >= 0.6 is 27.5 Å². The molecule has 1 N–H and O–H groups in total. The monoisotopic (exact) mass is 355 g/mol. The molecule has 0 spiro atoms. The molecule has 7 heteroatoms. The van der Waals surface area contributed by atoms with Crippen LogP contribution in [0.4, 0.5) is 11.5 Å². The summed E-state index contributed by atoms with van der Waals surface area (Å²) in [6.45, 7) is 2.02. The van der Waals surface area contributed by atoms with Crippen molar-refractivity contribution >= 4 is 45.0 Å². The molecule has 0 saturated heterocycles. The summed E-state index contributed by atoms with van der Waals surface area (Å²) < 4.78 is 5.37. The Labute approximate surface area is 129 Å². The number of carbonyl (C=O) groups is 1. The molecule has 20 heavy (non-hydrogen) atoms. The Kier molecular flexibility index (Phi) is 4.92. The number of benzene rings is 1. The zero-order valence-electron chi connectivity index (χ0n) is 10.6. The summed E-state index contributed by atoms with van der Waals surface area (Å²) >= 11 is 9.06. The third-order valence-electron chi connectivity index (χ3n) is 2.39. The van der Waals surface area contributed by atoms with E-state index in [1.165, 1.54) is 6.33 Å². The summed E-state index contributed by atoms with van der Waals surface area (Å²) in [6, 6.07) is 7.05. The Bertz CT molecular complexity index is 620. The van der Waals surface area contributed by atoms with Gasteiger partial charge in [0.05, 0.1) is 6.61 Å². The van der Waals surface area contributed by atoms with Gasteiger partial charge in [-0.05, 0) is 47.1 Å². The van der Waals surface area contributed by atoms with Crippen LogP contribution in [0.3, 0.4) is 0 Å². The highest BCUT2D eigenvalue weighted by Gasteiger charge is 2.19. The molecule has 0 aliphatic rings. The Hall–Kier alpha value is -1.66. The van der Waals surface area contributed by atoms with Gasteiger partial charge in [-0.25, -0.2) is 14.8 Å². The van der Waals surface area contributed by atoms with E-state index in [0.29, 0.717) is 15.4 Å². The Morgan fingerprint density at radius 3 is 2.70 bits per heavy atom. The summed E-state index contributed by atoms with van der Waals surface area (Å²) in [5.74, 6) is -0.121. The number of ether oxygens (including phenoxy) is 1. The molecule has 0 radical (unpaired) electrons. The van der Waals surface area contributed by atoms with Gasteiger partial charge in [0.2, 0.25) is 0 Å². The van der Waals surface area contributed by atoms with Crippen molar-refractivity contribution < 1.29 is 9.53 Å². The molecule has 0 unspecified atom stereocenters. The van der Waals surface area contributed by atoms with Crippen LogP contribution in [-0.2, 0) is 4.74 Å². The molecule has 0 aliphatic carbocycles. The predicted molar refractivity (Wildman–Crippen MR) is 80.4 cm³/mol. The minimum Gasteiger partial charge on any atom is -0.462 e. The number of hydrogen-bond donors (Lipinski definition) is 1. The number of hydrogen-bond acceptors (Lipinski definition) is 5. The van der Waals surface area contributed by atoms with Crippen LogP contribution in [0.2, 0.25) is 5.02 Å². The maximum atomic E-state index is 11.9. The van der Waals surface area contributed by atoms with Gasteiger partial charge in [-0.3, -0.25) is 0 Å². The quantitative estimate of drug-likeness (QED) is 0.666. The second-order valence-electron chi connectivity index (χ2n) is 3.74. The Morgan fingerprint density at radius 2 is 2.05 bits per heavy atom. The number of halogens is 2. The van der Waals surface area contributed by atoms with Gasteiger partial charge in [0.25, 0.3) is 0 Å². The largest absolute Gasteiger partial charge is 0.462 e. The first-order valence-electron chi connectivity index (χ1n) is 5.82. The van der Waals surface area contributed by atoms with Gasteiger partial charge in [-0.2, -0.15) is 0 Å².